The molecule has 2 aromatic rings. The number of rotatable bonds is 3. The van der Waals surface area contributed by atoms with Crippen molar-refractivity contribution in [1.82, 2.24) is 10.6 Å². The minimum Gasteiger partial charge on any atom is -0.348 e. The van der Waals surface area contributed by atoms with E-state index in [1.165, 1.54) is 11.6 Å². The average molecular weight is 270 g/mol. The Morgan fingerprint density at radius 2 is 1.95 bits per heavy atom. The zero-order chi connectivity index (χ0) is 13.9. The second-order valence-corrected chi connectivity index (χ2v) is 4.86. The highest BCUT2D eigenvalue weighted by molar-refractivity contribution is 5.94. The molecular formula is C16H15FN2O. The third kappa shape index (κ3) is 2.56. The Labute approximate surface area is 116 Å². The summed E-state index contributed by atoms with van der Waals surface area (Å²) in [6.45, 7) is 1.84. The maximum Gasteiger partial charge on any atom is 0.251 e. The standard InChI is InChI=1S/C16H15FN2O/c17-15-4-2-1-3-13(15)10-19-16(20)11-5-6-12-8-18-9-14(12)7-11/h1-7,18H,8-10H2,(H,19,20). The molecule has 0 fully saturated rings. The molecule has 102 valence electrons. The summed E-state index contributed by atoms with van der Waals surface area (Å²) in [5.41, 5.74) is 3.49. The molecule has 3 rings (SSSR count). The van der Waals surface area contributed by atoms with Gasteiger partial charge in [0.15, 0.2) is 0 Å². The molecule has 0 spiro atoms. The van der Waals surface area contributed by atoms with Gasteiger partial charge in [-0.05, 0) is 29.3 Å². The molecule has 2 aromatic carbocycles. The third-order valence-electron chi connectivity index (χ3n) is 3.50. The van der Waals surface area contributed by atoms with E-state index in [-0.39, 0.29) is 18.3 Å². The molecule has 0 unspecified atom stereocenters. The fraction of sp³-hybridized carbons (Fsp3) is 0.188. The van der Waals surface area contributed by atoms with Crippen molar-refractivity contribution in [2.75, 3.05) is 0 Å². The third-order valence-corrected chi connectivity index (χ3v) is 3.50. The Bertz CT molecular complexity index is 655. The Kier molecular flexibility index (Phi) is 3.48. The Morgan fingerprint density at radius 1 is 1.15 bits per heavy atom. The van der Waals surface area contributed by atoms with Crippen LogP contribution in [0, 0.1) is 5.82 Å². The molecule has 1 aliphatic rings. The normalized spacial score (nSPS) is 13.1. The summed E-state index contributed by atoms with van der Waals surface area (Å²) in [5.74, 6) is -0.478. The van der Waals surface area contributed by atoms with Crippen LogP contribution in [0.3, 0.4) is 0 Å². The molecule has 0 saturated heterocycles. The van der Waals surface area contributed by atoms with Crippen LogP contribution >= 0.6 is 0 Å². The van der Waals surface area contributed by atoms with Crippen molar-refractivity contribution in [3.8, 4) is 0 Å². The van der Waals surface area contributed by atoms with Crippen molar-refractivity contribution in [2.45, 2.75) is 19.6 Å². The molecule has 2 N–H and O–H groups in total. The van der Waals surface area contributed by atoms with E-state index < -0.39 is 0 Å². The van der Waals surface area contributed by atoms with Gasteiger partial charge in [-0.25, -0.2) is 4.39 Å². The first-order valence-corrected chi connectivity index (χ1v) is 6.58. The molecule has 0 aromatic heterocycles. The van der Waals surface area contributed by atoms with E-state index in [9.17, 15) is 9.18 Å². The second kappa shape index (κ2) is 5.43. The SMILES string of the molecule is O=C(NCc1ccccc1F)c1ccc2c(c1)CNC2. The highest BCUT2D eigenvalue weighted by atomic mass is 19.1. The number of nitrogens with one attached hydrogen (secondary N) is 2. The van der Waals surface area contributed by atoms with Crippen LogP contribution in [0.15, 0.2) is 42.5 Å². The molecule has 0 radical (unpaired) electrons. The maximum absolute atomic E-state index is 13.5. The van der Waals surface area contributed by atoms with Crippen LogP contribution in [0.1, 0.15) is 27.0 Å². The summed E-state index contributed by atoms with van der Waals surface area (Å²) < 4.78 is 13.5. The van der Waals surface area contributed by atoms with Crippen LogP contribution in [0.5, 0.6) is 0 Å². The van der Waals surface area contributed by atoms with Crippen LogP contribution in [0.25, 0.3) is 0 Å². The summed E-state index contributed by atoms with van der Waals surface area (Å²) in [7, 11) is 0. The maximum atomic E-state index is 13.5. The topological polar surface area (TPSA) is 41.1 Å². The lowest BCUT2D eigenvalue weighted by Crippen LogP contribution is -2.23. The van der Waals surface area contributed by atoms with Crippen LogP contribution in [0.2, 0.25) is 0 Å². The Balaban J connectivity index is 1.69. The largest absolute Gasteiger partial charge is 0.348 e. The lowest BCUT2D eigenvalue weighted by molar-refractivity contribution is 0.0950. The first-order chi connectivity index (χ1) is 9.74. The summed E-state index contributed by atoms with van der Waals surface area (Å²) in [4.78, 5) is 12.1. The van der Waals surface area contributed by atoms with Gasteiger partial charge in [0.1, 0.15) is 5.82 Å². The zero-order valence-electron chi connectivity index (χ0n) is 10.9. The number of hydrogen-bond acceptors (Lipinski definition) is 2. The predicted octanol–water partition coefficient (Wildman–Crippen LogP) is 2.36. The van der Waals surface area contributed by atoms with E-state index in [0.717, 1.165) is 18.7 Å². The predicted molar refractivity (Wildman–Crippen MR) is 74.6 cm³/mol. The fourth-order valence-electron chi connectivity index (χ4n) is 2.36. The van der Waals surface area contributed by atoms with E-state index in [1.54, 1.807) is 18.2 Å². The molecule has 4 heteroatoms. The van der Waals surface area contributed by atoms with Crippen LogP contribution in [0.4, 0.5) is 4.39 Å². The molecular weight excluding hydrogens is 255 g/mol. The zero-order valence-corrected chi connectivity index (χ0v) is 10.9. The molecule has 0 atom stereocenters. The van der Waals surface area contributed by atoms with Gasteiger partial charge in [-0.2, -0.15) is 0 Å². The minimum absolute atomic E-state index is 0.178. The smallest absolute Gasteiger partial charge is 0.251 e. The molecule has 1 amide bonds. The number of fused-ring (bicyclic) bond motifs is 1. The van der Waals surface area contributed by atoms with Gasteiger partial charge in [-0.15, -0.1) is 0 Å². The van der Waals surface area contributed by atoms with Crippen molar-refractivity contribution in [3.05, 3.63) is 70.5 Å². The molecule has 1 heterocycles. The van der Waals surface area contributed by atoms with Gasteiger partial charge in [0.05, 0.1) is 0 Å². The minimum atomic E-state index is -0.300. The lowest BCUT2D eigenvalue weighted by Gasteiger charge is -2.07. The number of carbonyl (C=O) groups excluding carboxylic acids is 1. The lowest BCUT2D eigenvalue weighted by atomic mass is 10.1. The summed E-state index contributed by atoms with van der Waals surface area (Å²) >= 11 is 0. The van der Waals surface area contributed by atoms with E-state index in [2.05, 4.69) is 10.6 Å². The van der Waals surface area contributed by atoms with E-state index >= 15 is 0 Å². The average Bonchev–Trinajstić information content (AvgIpc) is 2.93. The number of benzene rings is 2. The second-order valence-electron chi connectivity index (χ2n) is 4.86. The molecule has 3 nitrogen and oxygen atoms in total. The van der Waals surface area contributed by atoms with Gasteiger partial charge in [-0.3, -0.25) is 4.79 Å². The molecule has 0 bridgehead atoms. The summed E-state index contributed by atoms with van der Waals surface area (Å²) in [6.07, 6.45) is 0. The quantitative estimate of drug-likeness (QED) is 0.899. The number of amides is 1. The molecule has 0 aliphatic carbocycles. The van der Waals surface area contributed by atoms with Gasteiger partial charge >= 0.3 is 0 Å². The highest BCUT2D eigenvalue weighted by Gasteiger charge is 2.13. The van der Waals surface area contributed by atoms with E-state index in [4.69, 9.17) is 0 Å². The van der Waals surface area contributed by atoms with Crippen molar-refractivity contribution in [3.63, 3.8) is 0 Å². The molecule has 0 saturated carbocycles. The highest BCUT2D eigenvalue weighted by Crippen LogP contribution is 2.17. The number of halogens is 1. The van der Waals surface area contributed by atoms with Gasteiger partial charge in [0, 0.05) is 30.8 Å². The van der Waals surface area contributed by atoms with Gasteiger partial charge < -0.3 is 10.6 Å². The first-order valence-electron chi connectivity index (χ1n) is 6.58. The van der Waals surface area contributed by atoms with Crippen LogP contribution < -0.4 is 10.6 Å². The van der Waals surface area contributed by atoms with Gasteiger partial charge in [0.2, 0.25) is 0 Å². The van der Waals surface area contributed by atoms with Crippen molar-refractivity contribution >= 4 is 5.91 Å². The monoisotopic (exact) mass is 270 g/mol. The Hall–Kier alpha value is -2.20. The van der Waals surface area contributed by atoms with Crippen molar-refractivity contribution < 1.29 is 9.18 Å². The van der Waals surface area contributed by atoms with Gasteiger partial charge in [-0.1, -0.05) is 24.3 Å². The summed E-state index contributed by atoms with van der Waals surface area (Å²) in [6, 6.07) is 12.1. The molecule has 1 aliphatic heterocycles. The van der Waals surface area contributed by atoms with Crippen molar-refractivity contribution in [2.24, 2.45) is 0 Å². The van der Waals surface area contributed by atoms with E-state index in [0.29, 0.717) is 11.1 Å². The Morgan fingerprint density at radius 3 is 2.80 bits per heavy atom. The fourth-order valence-corrected chi connectivity index (χ4v) is 2.36. The molecule has 20 heavy (non-hydrogen) atoms. The first kappa shape index (κ1) is 12.8. The van der Waals surface area contributed by atoms with Gasteiger partial charge in [0.25, 0.3) is 5.91 Å². The number of hydrogen-bond donors (Lipinski definition) is 2. The van der Waals surface area contributed by atoms with Crippen LogP contribution in [-0.2, 0) is 19.6 Å². The summed E-state index contributed by atoms with van der Waals surface area (Å²) in [5, 5.41) is 5.99. The van der Waals surface area contributed by atoms with Crippen LogP contribution in [-0.4, -0.2) is 5.91 Å². The number of carbonyl (C=O) groups is 1. The van der Waals surface area contributed by atoms with E-state index in [1.807, 2.05) is 18.2 Å². The van der Waals surface area contributed by atoms with Crippen molar-refractivity contribution in [1.29, 1.82) is 0 Å².